The number of carbonyl (C=O) groups excluding carboxylic acids is 3. The van der Waals surface area contributed by atoms with E-state index in [1.165, 1.54) is 0 Å². The van der Waals surface area contributed by atoms with Crippen molar-refractivity contribution in [3.8, 4) is 0 Å². The molecule has 1 aliphatic heterocycles. The van der Waals surface area contributed by atoms with Crippen LogP contribution in [0.1, 0.15) is 37.7 Å². The molecule has 1 fully saturated rings. The summed E-state index contributed by atoms with van der Waals surface area (Å²) in [6.45, 7) is 0.435. The Morgan fingerprint density at radius 3 is 2.43 bits per heavy atom. The Kier molecular flexibility index (Phi) is 10.4. The summed E-state index contributed by atoms with van der Waals surface area (Å²) in [5.74, 6) is -3.01. The summed E-state index contributed by atoms with van der Waals surface area (Å²) < 4.78 is 0. The number of carbonyl (C=O) groups is 4. The topological polar surface area (TPSA) is 199 Å². The number of carboxylic acid groups (broad SMARTS) is 1. The first-order valence-electron chi connectivity index (χ1n) is 12.6. The molecule has 0 saturated carbocycles. The second-order valence-electron chi connectivity index (χ2n) is 9.20. The maximum absolute atomic E-state index is 13.1. The quantitative estimate of drug-likeness (QED) is 0.148. The molecule has 12 nitrogen and oxygen atoms in total. The number of H-pyrrole nitrogens is 1. The lowest BCUT2D eigenvalue weighted by Crippen LogP contribution is -2.58. The summed E-state index contributed by atoms with van der Waals surface area (Å²) >= 11 is 0. The first kappa shape index (κ1) is 28.1. The lowest BCUT2D eigenvalue weighted by Gasteiger charge is -2.24. The Balaban J connectivity index is 1.67. The first-order chi connectivity index (χ1) is 17.8. The number of nitrogens with two attached hydrogens (primary N) is 1. The molecule has 1 aliphatic rings. The van der Waals surface area contributed by atoms with Crippen LogP contribution in [-0.4, -0.2) is 82.8 Å². The lowest BCUT2D eigenvalue weighted by molar-refractivity contribution is -0.142. The fourth-order valence-corrected chi connectivity index (χ4v) is 4.40. The minimum Gasteiger partial charge on any atom is -0.480 e. The summed E-state index contributed by atoms with van der Waals surface area (Å²) in [7, 11) is 0. The molecule has 12 heteroatoms. The van der Waals surface area contributed by atoms with Crippen LogP contribution in [0.25, 0.3) is 10.9 Å². The molecule has 202 valence electrons. The second kappa shape index (κ2) is 13.7. The van der Waals surface area contributed by atoms with Gasteiger partial charge in [0.2, 0.25) is 17.7 Å². The first-order valence-corrected chi connectivity index (χ1v) is 12.6. The molecule has 0 radical (unpaired) electrons. The predicted octanol–water partition coefficient (Wildman–Crippen LogP) is -0.877. The summed E-state index contributed by atoms with van der Waals surface area (Å²) in [4.78, 5) is 53.5. The van der Waals surface area contributed by atoms with E-state index in [0.29, 0.717) is 32.4 Å². The van der Waals surface area contributed by atoms with Crippen LogP contribution in [0.2, 0.25) is 0 Å². The monoisotopic (exact) mass is 516 g/mol. The normalized spacial score (nSPS) is 17.6. The van der Waals surface area contributed by atoms with Gasteiger partial charge < -0.3 is 42.2 Å². The van der Waals surface area contributed by atoms with Crippen molar-refractivity contribution in [3.05, 3.63) is 36.0 Å². The SMILES string of the molecule is NCCCCC(NC(=O)C(CO)NC(=O)C1CCCN1)C(=O)NC(Cc1c[nH]c2ccccc12)C(=O)O. The molecule has 1 aromatic heterocycles. The largest absolute Gasteiger partial charge is 0.480 e. The van der Waals surface area contributed by atoms with Crippen molar-refractivity contribution in [2.75, 3.05) is 19.7 Å². The molecule has 1 aromatic carbocycles. The van der Waals surface area contributed by atoms with Gasteiger partial charge in [0.1, 0.15) is 18.1 Å². The number of aliphatic hydroxyl groups excluding tert-OH is 1. The Morgan fingerprint density at radius 2 is 1.76 bits per heavy atom. The van der Waals surface area contributed by atoms with E-state index in [4.69, 9.17) is 5.73 Å². The number of hydrogen-bond acceptors (Lipinski definition) is 7. The number of hydrogen-bond donors (Lipinski definition) is 8. The lowest BCUT2D eigenvalue weighted by atomic mass is 10.0. The average Bonchev–Trinajstić information content (AvgIpc) is 3.57. The molecule has 37 heavy (non-hydrogen) atoms. The molecule has 0 aliphatic carbocycles. The molecular formula is C25H36N6O6. The number of unbranched alkanes of at least 4 members (excludes halogenated alkanes) is 1. The highest BCUT2D eigenvalue weighted by atomic mass is 16.4. The molecule has 0 bridgehead atoms. The third kappa shape index (κ3) is 7.75. The van der Waals surface area contributed by atoms with Crippen LogP contribution in [0.3, 0.4) is 0 Å². The fourth-order valence-electron chi connectivity index (χ4n) is 4.40. The number of para-hydroxylation sites is 1. The zero-order valence-corrected chi connectivity index (χ0v) is 20.7. The van der Waals surface area contributed by atoms with E-state index in [2.05, 4.69) is 26.3 Å². The van der Waals surface area contributed by atoms with E-state index in [0.717, 1.165) is 22.9 Å². The summed E-state index contributed by atoms with van der Waals surface area (Å²) in [6.07, 6.45) is 4.54. The van der Waals surface area contributed by atoms with Crippen LogP contribution < -0.4 is 27.0 Å². The van der Waals surface area contributed by atoms with Gasteiger partial charge in [-0.15, -0.1) is 0 Å². The van der Waals surface area contributed by atoms with Gasteiger partial charge in [-0.05, 0) is 56.8 Å². The highest BCUT2D eigenvalue weighted by Gasteiger charge is 2.31. The molecule has 3 amide bonds. The van der Waals surface area contributed by atoms with E-state index in [1.54, 1.807) is 6.20 Å². The third-order valence-electron chi connectivity index (χ3n) is 6.49. The standard InChI is InChI=1S/C25H36N6O6/c26-10-4-3-8-19(29-24(35)21(14-32)31-22(33)18-9-5-11-27-18)23(34)30-20(25(36)37)12-15-13-28-17-7-2-1-6-16(15)17/h1-2,6-7,13,18-21,27-28,32H,3-5,8-12,14,26H2,(H,29,35)(H,30,34)(H,31,33)(H,36,37). The van der Waals surface area contributed by atoms with Crippen molar-refractivity contribution >= 4 is 34.6 Å². The van der Waals surface area contributed by atoms with Crippen molar-refractivity contribution in [2.45, 2.75) is 62.7 Å². The zero-order chi connectivity index (χ0) is 26.8. The van der Waals surface area contributed by atoms with E-state index < -0.39 is 54.5 Å². The van der Waals surface area contributed by atoms with Gasteiger partial charge in [0.15, 0.2) is 0 Å². The van der Waals surface area contributed by atoms with E-state index >= 15 is 0 Å². The van der Waals surface area contributed by atoms with Gasteiger partial charge in [-0.25, -0.2) is 4.79 Å². The molecule has 4 atom stereocenters. The van der Waals surface area contributed by atoms with Crippen molar-refractivity contribution in [3.63, 3.8) is 0 Å². The van der Waals surface area contributed by atoms with Crippen molar-refractivity contribution in [2.24, 2.45) is 5.73 Å². The Bertz CT molecular complexity index is 1080. The fraction of sp³-hybridized carbons (Fsp3) is 0.520. The minimum absolute atomic E-state index is 0.0399. The van der Waals surface area contributed by atoms with Gasteiger partial charge in [-0.2, -0.15) is 0 Å². The van der Waals surface area contributed by atoms with Crippen molar-refractivity contribution in [1.29, 1.82) is 0 Å². The van der Waals surface area contributed by atoms with Crippen LogP contribution >= 0.6 is 0 Å². The van der Waals surface area contributed by atoms with Crippen molar-refractivity contribution in [1.82, 2.24) is 26.3 Å². The van der Waals surface area contributed by atoms with E-state index in [-0.39, 0.29) is 12.8 Å². The maximum Gasteiger partial charge on any atom is 0.326 e. The summed E-state index contributed by atoms with van der Waals surface area (Å²) in [5, 5.41) is 31.0. The minimum atomic E-state index is -1.25. The number of aromatic amines is 1. The number of aliphatic hydroxyl groups is 1. The van der Waals surface area contributed by atoms with Gasteiger partial charge in [0, 0.05) is 23.5 Å². The van der Waals surface area contributed by atoms with Gasteiger partial charge in [0.05, 0.1) is 12.6 Å². The molecule has 2 aromatic rings. The number of carboxylic acids is 1. The molecular weight excluding hydrogens is 480 g/mol. The maximum atomic E-state index is 13.1. The summed E-state index contributed by atoms with van der Waals surface area (Å²) in [5.41, 5.74) is 7.15. The van der Waals surface area contributed by atoms with Crippen LogP contribution in [0.15, 0.2) is 30.5 Å². The summed E-state index contributed by atoms with van der Waals surface area (Å²) in [6, 6.07) is 3.45. The number of fused-ring (bicyclic) bond motifs is 1. The van der Waals surface area contributed by atoms with Gasteiger partial charge >= 0.3 is 5.97 Å². The molecule has 4 unspecified atom stereocenters. The van der Waals surface area contributed by atoms with Gasteiger partial charge in [-0.1, -0.05) is 18.2 Å². The van der Waals surface area contributed by atoms with Crippen LogP contribution in [0.5, 0.6) is 0 Å². The molecule has 9 N–H and O–H groups in total. The number of amides is 3. The Morgan fingerprint density at radius 1 is 1.03 bits per heavy atom. The predicted molar refractivity (Wildman–Crippen MR) is 136 cm³/mol. The van der Waals surface area contributed by atoms with E-state index in [9.17, 15) is 29.4 Å². The number of benzene rings is 1. The molecule has 3 rings (SSSR count). The molecule has 0 spiro atoms. The molecule has 1 saturated heterocycles. The zero-order valence-electron chi connectivity index (χ0n) is 20.7. The smallest absolute Gasteiger partial charge is 0.326 e. The highest BCUT2D eigenvalue weighted by Crippen LogP contribution is 2.19. The second-order valence-corrected chi connectivity index (χ2v) is 9.20. The number of nitrogens with one attached hydrogen (secondary N) is 5. The highest BCUT2D eigenvalue weighted by molar-refractivity contribution is 5.94. The Labute approximate surface area is 214 Å². The van der Waals surface area contributed by atoms with Crippen LogP contribution in [0.4, 0.5) is 0 Å². The third-order valence-corrected chi connectivity index (χ3v) is 6.49. The van der Waals surface area contributed by atoms with Gasteiger partial charge in [-0.3, -0.25) is 14.4 Å². The number of aliphatic carboxylic acids is 1. The van der Waals surface area contributed by atoms with E-state index in [1.807, 2.05) is 24.3 Å². The number of aromatic nitrogens is 1. The van der Waals surface area contributed by atoms with Gasteiger partial charge in [0.25, 0.3) is 0 Å². The average molecular weight is 517 g/mol. The van der Waals surface area contributed by atoms with Crippen molar-refractivity contribution < 1.29 is 29.4 Å². The van der Waals surface area contributed by atoms with Crippen LogP contribution in [-0.2, 0) is 25.6 Å². The number of rotatable bonds is 14. The Hall–Kier alpha value is -3.48. The van der Waals surface area contributed by atoms with Crippen LogP contribution in [0, 0.1) is 0 Å². The molecule has 2 heterocycles.